The second-order valence-corrected chi connectivity index (χ2v) is 28.6. The first-order valence-corrected chi connectivity index (χ1v) is 37.6. The largest absolute Gasteiger partial charge is 3.00 e. The van der Waals surface area contributed by atoms with E-state index in [1.165, 1.54) is 66.8 Å². The van der Waals surface area contributed by atoms with E-state index < -0.39 is 0 Å². The SMILES string of the molecule is [Ir+3].[Ir+3].[c-]1cc(-c2ccccc2C2CC(c3ccccc3-c3c[c-]c(-c4ccccn4)cc3)CC(c3ccccc3-c3c[c-]c(-c4[c-]cc(-c5ccccc5C5CC(c6ccccc6-c6c[c-]c(-c7ccccn7)cc6)CC(c6ccccc6-c6c[c-]c(-c7ccccn7)cc6)C5)cn4)nc3)C2)ccc1-c1ccccn1. The minimum absolute atomic E-state index is 0. The van der Waals surface area contributed by atoms with E-state index in [-0.39, 0.29) is 75.7 Å². The van der Waals surface area contributed by atoms with Gasteiger partial charge in [0.25, 0.3) is 0 Å². The van der Waals surface area contributed by atoms with Gasteiger partial charge in [0.15, 0.2) is 0 Å². The second-order valence-electron chi connectivity index (χ2n) is 28.6. The summed E-state index contributed by atoms with van der Waals surface area (Å²) in [6.07, 6.45) is 17.3. The van der Waals surface area contributed by atoms with Crippen molar-refractivity contribution in [3.63, 3.8) is 0 Å². The van der Waals surface area contributed by atoms with Crippen LogP contribution in [0.3, 0.4) is 0 Å². The molecule has 2 saturated carbocycles. The molecule has 6 aromatic heterocycles. The third-order valence-electron chi connectivity index (χ3n) is 22.3. The number of hydrogen-bond acceptors (Lipinski definition) is 6. The molecular weight excluding hydrogens is 1690 g/mol. The van der Waals surface area contributed by atoms with Crippen LogP contribution < -0.4 is 0 Å². The van der Waals surface area contributed by atoms with Gasteiger partial charge in [-0.1, -0.05) is 261 Å². The molecule has 4 unspecified atom stereocenters. The molecule has 18 rings (SSSR count). The van der Waals surface area contributed by atoms with Gasteiger partial charge in [0.2, 0.25) is 0 Å². The molecule has 6 heterocycles. The van der Waals surface area contributed by atoms with Crippen molar-refractivity contribution in [3.8, 4) is 123 Å². The minimum atomic E-state index is 0. The molecule has 2 fully saturated rings. The standard InChI is InChI=1S/C102H74N6.2Ir/c1-7-27-91(85(21-1)69-37-45-73(46-38-69)97-33-13-17-57-103-97)79-61-80(92-28-8-2-22-86(92)70-39-47-74(48-40-70)98-34-14-18-58-104-98)64-83(63-79)95-31-11-5-25-89(95)77-53-55-101(107-67-77)102-56-54-78(68-108-102)90-26-6-12-32-96(90)84-65-81(93-29-9-3-23-87(93)71-41-49-75(50-42-71)99-35-15-19-59-105-99)62-82(66-84)94-30-10-4-24-88(94)72-43-51-76(52-44-72)100-36-16-20-60-106-100;;/h1-45,47,49,51,53-54,57-60,67-68,79-84H,61-66H2;;/q-6;2*+3. The van der Waals surface area contributed by atoms with Crippen LogP contribution in [0.4, 0.5) is 0 Å². The molecule has 2 aliphatic carbocycles. The molecule has 2 aliphatic rings. The van der Waals surface area contributed by atoms with Gasteiger partial charge in [-0.25, -0.2) is 12.1 Å². The van der Waals surface area contributed by atoms with Gasteiger partial charge in [0, 0.05) is 24.8 Å². The zero-order valence-electron chi connectivity index (χ0n) is 60.4. The van der Waals surface area contributed by atoms with Crippen molar-refractivity contribution in [3.05, 3.63) is 410 Å². The molecule has 0 aliphatic heterocycles. The Kier molecular flexibility index (Phi) is 22.1. The zero-order valence-corrected chi connectivity index (χ0v) is 65.2. The van der Waals surface area contributed by atoms with Crippen molar-refractivity contribution in [1.82, 2.24) is 29.9 Å². The van der Waals surface area contributed by atoms with Crippen LogP contribution in [0.2, 0.25) is 0 Å². The molecule has 0 spiro atoms. The fourth-order valence-electron chi connectivity index (χ4n) is 17.2. The maximum atomic E-state index is 5.17. The van der Waals surface area contributed by atoms with Gasteiger partial charge < -0.3 is 29.9 Å². The molecule has 530 valence electrons. The average molecular weight is 1770 g/mol. The smallest absolute Gasteiger partial charge is 0.357 e. The Balaban J connectivity index is 0.00000460. The molecule has 110 heavy (non-hydrogen) atoms. The van der Waals surface area contributed by atoms with Crippen molar-refractivity contribution in [2.45, 2.75) is 74.0 Å². The van der Waals surface area contributed by atoms with Gasteiger partial charge >= 0.3 is 40.2 Å². The van der Waals surface area contributed by atoms with E-state index in [1.54, 1.807) is 0 Å². The Morgan fingerprint density at radius 3 is 0.600 bits per heavy atom. The second kappa shape index (κ2) is 33.5. The zero-order chi connectivity index (χ0) is 72.0. The van der Waals surface area contributed by atoms with E-state index in [4.69, 9.17) is 9.97 Å². The number of rotatable bonds is 17. The Morgan fingerprint density at radius 1 is 0.200 bits per heavy atom. The molecule has 6 nitrogen and oxygen atoms in total. The molecule has 4 atom stereocenters. The number of nitrogens with zero attached hydrogens (tertiary/aromatic N) is 6. The van der Waals surface area contributed by atoms with Crippen LogP contribution >= 0.6 is 0 Å². The number of pyridine rings is 6. The Hall–Kier alpha value is -11.6. The first-order chi connectivity index (χ1) is 53.5. The van der Waals surface area contributed by atoms with Gasteiger partial charge in [0.05, 0.1) is 0 Å². The van der Waals surface area contributed by atoms with Crippen molar-refractivity contribution in [2.24, 2.45) is 0 Å². The van der Waals surface area contributed by atoms with Crippen molar-refractivity contribution >= 4 is 0 Å². The monoisotopic (exact) mass is 1770 g/mol. The van der Waals surface area contributed by atoms with E-state index in [2.05, 4.69) is 287 Å². The maximum Gasteiger partial charge on any atom is 3.00 e. The number of benzene rings is 10. The summed E-state index contributed by atoms with van der Waals surface area (Å²) in [5, 5.41) is 0. The molecular formula is C102H74Ir2N6. The summed E-state index contributed by atoms with van der Waals surface area (Å²) in [7, 11) is 0. The van der Waals surface area contributed by atoms with Crippen molar-refractivity contribution in [2.75, 3.05) is 0 Å². The fraction of sp³-hybridized carbons (Fsp3) is 0.118. The summed E-state index contributed by atoms with van der Waals surface area (Å²) in [6, 6.07) is 130. The van der Waals surface area contributed by atoms with E-state index in [9.17, 15) is 0 Å². The van der Waals surface area contributed by atoms with E-state index in [0.717, 1.165) is 117 Å². The average Bonchev–Trinajstić information content (AvgIpc) is 0.771. The maximum absolute atomic E-state index is 5.17. The predicted octanol–water partition coefficient (Wildman–Crippen LogP) is 24.9. The van der Waals surface area contributed by atoms with Crippen LogP contribution in [0.5, 0.6) is 0 Å². The van der Waals surface area contributed by atoms with Gasteiger partial charge in [-0.2, -0.15) is 12.1 Å². The Morgan fingerprint density at radius 2 is 0.409 bits per heavy atom. The molecule has 0 saturated heterocycles. The molecule has 16 aromatic rings. The van der Waals surface area contributed by atoms with E-state index >= 15 is 0 Å². The molecule has 0 radical (unpaired) electrons. The molecule has 8 heteroatoms. The van der Waals surface area contributed by atoms with Gasteiger partial charge in [-0.15, -0.1) is 131 Å². The van der Waals surface area contributed by atoms with Crippen LogP contribution in [0, 0.1) is 36.4 Å². The topological polar surface area (TPSA) is 77.3 Å². The molecule has 0 N–H and O–H groups in total. The van der Waals surface area contributed by atoms with Gasteiger partial charge in [-0.3, -0.25) is 0 Å². The van der Waals surface area contributed by atoms with Crippen molar-refractivity contribution < 1.29 is 40.2 Å². The normalized spacial score (nSPS) is 16.7. The third kappa shape index (κ3) is 15.4. The van der Waals surface area contributed by atoms with Crippen molar-refractivity contribution in [1.29, 1.82) is 0 Å². The fourth-order valence-corrected chi connectivity index (χ4v) is 17.2. The van der Waals surface area contributed by atoms with E-state index in [0.29, 0.717) is 11.4 Å². The first kappa shape index (κ1) is 72.6. The van der Waals surface area contributed by atoms with Gasteiger partial charge in [-0.05, 0) is 167 Å². The van der Waals surface area contributed by atoms with Crippen LogP contribution in [-0.2, 0) is 40.2 Å². The van der Waals surface area contributed by atoms with Crippen LogP contribution in [0.25, 0.3) is 123 Å². The van der Waals surface area contributed by atoms with Gasteiger partial charge in [0.1, 0.15) is 0 Å². The number of aromatic nitrogens is 6. The summed E-state index contributed by atoms with van der Waals surface area (Å²) in [5.74, 6) is 1.39. The van der Waals surface area contributed by atoms with Crippen LogP contribution in [0.1, 0.15) is 107 Å². The summed E-state index contributed by atoms with van der Waals surface area (Å²) in [6.45, 7) is 0. The quantitative estimate of drug-likeness (QED) is 0.0846. The Bertz CT molecular complexity index is 5120. The first-order valence-electron chi connectivity index (χ1n) is 37.6. The summed E-state index contributed by atoms with van der Waals surface area (Å²) in [4.78, 5) is 28.9. The van der Waals surface area contributed by atoms with Crippen LogP contribution in [-0.4, -0.2) is 29.9 Å². The molecule has 0 amide bonds. The Labute approximate surface area is 672 Å². The summed E-state index contributed by atoms with van der Waals surface area (Å²) in [5.41, 5.74) is 30.9. The van der Waals surface area contributed by atoms with E-state index in [1.807, 2.05) is 110 Å². The summed E-state index contributed by atoms with van der Waals surface area (Å²) < 4.78 is 0. The minimum Gasteiger partial charge on any atom is -0.357 e. The third-order valence-corrected chi connectivity index (χ3v) is 22.3. The predicted molar refractivity (Wildman–Crippen MR) is 436 cm³/mol. The molecule has 0 bridgehead atoms. The molecule has 10 aromatic carbocycles. The van der Waals surface area contributed by atoms with Crippen LogP contribution in [0.15, 0.2) is 340 Å². The summed E-state index contributed by atoms with van der Waals surface area (Å²) >= 11 is 0. The number of hydrogen-bond donors (Lipinski definition) is 0.